The van der Waals surface area contributed by atoms with E-state index in [9.17, 15) is 5.11 Å². The summed E-state index contributed by atoms with van der Waals surface area (Å²) in [6.45, 7) is 13.6. The van der Waals surface area contributed by atoms with E-state index in [0.717, 1.165) is 12.2 Å². The molecule has 1 atom stereocenters. The van der Waals surface area contributed by atoms with Gasteiger partial charge in [0, 0.05) is 19.3 Å². The van der Waals surface area contributed by atoms with Crippen molar-refractivity contribution >= 4 is 14.3 Å². The van der Waals surface area contributed by atoms with Crippen LogP contribution in [0.2, 0.25) is 18.1 Å². The summed E-state index contributed by atoms with van der Waals surface area (Å²) in [5.74, 6) is 0.683. The van der Waals surface area contributed by atoms with Crippen molar-refractivity contribution in [3.05, 3.63) is 18.0 Å². The number of hydrogen-bond acceptors (Lipinski definition) is 6. The monoisotopic (exact) mass is 339 g/mol. The molecule has 23 heavy (non-hydrogen) atoms. The molecule has 1 aromatic rings. The van der Waals surface area contributed by atoms with Crippen LogP contribution in [0.3, 0.4) is 0 Å². The number of morpholine rings is 1. The van der Waals surface area contributed by atoms with E-state index in [1.165, 1.54) is 0 Å². The van der Waals surface area contributed by atoms with Crippen LogP contribution in [-0.2, 0) is 15.8 Å². The smallest absolute Gasteiger partial charge is 0.225 e. The Morgan fingerprint density at radius 2 is 2.17 bits per heavy atom. The lowest BCUT2D eigenvalue weighted by atomic mass is 10.2. The number of nitrogens with zero attached hydrogens (tertiary/aromatic N) is 3. The molecular weight excluding hydrogens is 310 g/mol. The maximum absolute atomic E-state index is 9.25. The van der Waals surface area contributed by atoms with Crippen molar-refractivity contribution in [2.75, 3.05) is 31.2 Å². The highest BCUT2D eigenvalue weighted by molar-refractivity contribution is 6.74. The molecule has 0 saturated carbocycles. The molecule has 2 rings (SSSR count). The second-order valence-electron chi connectivity index (χ2n) is 7.52. The summed E-state index contributed by atoms with van der Waals surface area (Å²) < 4.78 is 11.7. The Morgan fingerprint density at radius 3 is 2.83 bits per heavy atom. The van der Waals surface area contributed by atoms with E-state index in [0.29, 0.717) is 25.7 Å². The molecule has 2 heterocycles. The number of anilines is 1. The van der Waals surface area contributed by atoms with Gasteiger partial charge in [-0.15, -0.1) is 0 Å². The third-order valence-electron chi connectivity index (χ3n) is 4.71. The number of aromatic nitrogens is 2. The van der Waals surface area contributed by atoms with E-state index in [1.807, 2.05) is 6.07 Å². The first-order chi connectivity index (χ1) is 10.7. The molecule has 130 valence electrons. The van der Waals surface area contributed by atoms with Gasteiger partial charge in [0.2, 0.25) is 5.95 Å². The summed E-state index contributed by atoms with van der Waals surface area (Å²) in [5, 5.41) is 9.43. The lowest BCUT2D eigenvalue weighted by Gasteiger charge is -2.36. The van der Waals surface area contributed by atoms with Crippen LogP contribution >= 0.6 is 0 Å². The second-order valence-corrected chi connectivity index (χ2v) is 12.3. The minimum atomic E-state index is -1.79. The van der Waals surface area contributed by atoms with Crippen molar-refractivity contribution in [3.8, 4) is 0 Å². The Hall–Kier alpha value is -1.02. The fourth-order valence-electron chi connectivity index (χ4n) is 2.10. The van der Waals surface area contributed by atoms with Gasteiger partial charge < -0.3 is 19.2 Å². The van der Waals surface area contributed by atoms with E-state index < -0.39 is 8.32 Å². The molecule has 0 unspecified atom stereocenters. The van der Waals surface area contributed by atoms with Crippen molar-refractivity contribution in [1.82, 2.24) is 9.97 Å². The van der Waals surface area contributed by atoms with E-state index in [-0.39, 0.29) is 17.7 Å². The number of rotatable bonds is 5. The third kappa shape index (κ3) is 4.73. The molecule has 1 aromatic heterocycles. The van der Waals surface area contributed by atoms with Crippen molar-refractivity contribution in [2.24, 2.45) is 0 Å². The van der Waals surface area contributed by atoms with Gasteiger partial charge in [-0.3, -0.25) is 0 Å². The van der Waals surface area contributed by atoms with Gasteiger partial charge >= 0.3 is 0 Å². The predicted octanol–water partition coefficient (Wildman–Crippen LogP) is 2.20. The van der Waals surface area contributed by atoms with Crippen molar-refractivity contribution in [3.63, 3.8) is 0 Å². The van der Waals surface area contributed by atoms with Crippen LogP contribution in [-0.4, -0.2) is 55.8 Å². The summed E-state index contributed by atoms with van der Waals surface area (Å²) >= 11 is 0. The summed E-state index contributed by atoms with van der Waals surface area (Å²) in [6.07, 6.45) is 1.61. The molecule has 0 aromatic carbocycles. The average molecular weight is 340 g/mol. The Morgan fingerprint density at radius 1 is 1.43 bits per heavy atom. The van der Waals surface area contributed by atoms with E-state index >= 15 is 0 Å². The van der Waals surface area contributed by atoms with Gasteiger partial charge in [-0.1, -0.05) is 20.8 Å². The molecule has 0 aliphatic carbocycles. The summed E-state index contributed by atoms with van der Waals surface area (Å²) in [7, 11) is -1.79. The lowest BCUT2D eigenvalue weighted by Crippen LogP contribution is -2.45. The third-order valence-corrected chi connectivity index (χ3v) is 9.19. The van der Waals surface area contributed by atoms with Crippen LogP contribution in [0.5, 0.6) is 0 Å². The molecule has 1 saturated heterocycles. The van der Waals surface area contributed by atoms with Gasteiger partial charge in [0.25, 0.3) is 0 Å². The number of aliphatic hydroxyl groups excluding tert-OH is 1. The molecule has 1 N–H and O–H groups in total. The molecule has 6 nitrogen and oxygen atoms in total. The first kappa shape index (κ1) is 18.3. The number of hydrogen-bond donors (Lipinski definition) is 1. The predicted molar refractivity (Wildman–Crippen MR) is 93.1 cm³/mol. The molecule has 0 amide bonds. The maximum Gasteiger partial charge on any atom is 0.225 e. The Kier molecular flexibility index (Phi) is 5.78. The quantitative estimate of drug-likeness (QED) is 0.830. The number of aliphatic hydroxyl groups is 1. The molecule has 0 bridgehead atoms. The van der Waals surface area contributed by atoms with E-state index in [2.05, 4.69) is 48.7 Å². The number of ether oxygens (including phenoxy) is 1. The highest BCUT2D eigenvalue weighted by atomic mass is 28.4. The normalized spacial score (nSPS) is 19.9. The summed E-state index contributed by atoms with van der Waals surface area (Å²) in [5.41, 5.74) is 0.895. The molecule has 0 spiro atoms. The molecule has 1 fully saturated rings. The standard InChI is InChI=1S/C16H29N3O3Si/c1-16(2,3)23(4,5)22-12-13-6-7-17-15(18-13)19-8-9-21-14(10-19)11-20/h6-7,14,20H,8-12H2,1-5H3/t14-/m1/s1. The molecule has 0 radical (unpaired) electrons. The van der Waals surface area contributed by atoms with Gasteiger partial charge in [0.1, 0.15) is 0 Å². The minimum absolute atomic E-state index is 0.0185. The SMILES string of the molecule is CC(C)(C)[Si](C)(C)OCc1ccnc(N2CCO[C@@H](CO)C2)n1. The van der Waals surface area contributed by atoms with Crippen LogP contribution < -0.4 is 4.90 Å². The zero-order chi connectivity index (χ0) is 17.1. The summed E-state index contributed by atoms with van der Waals surface area (Å²) in [4.78, 5) is 11.0. The Bertz CT molecular complexity index is 520. The van der Waals surface area contributed by atoms with E-state index in [1.54, 1.807) is 6.20 Å². The molecular formula is C16H29N3O3Si. The van der Waals surface area contributed by atoms with Crippen LogP contribution in [0, 0.1) is 0 Å². The Labute approximate surface area is 140 Å². The second kappa shape index (κ2) is 7.25. The zero-order valence-electron chi connectivity index (χ0n) is 14.9. The highest BCUT2D eigenvalue weighted by Gasteiger charge is 2.37. The topological polar surface area (TPSA) is 67.7 Å². The fourth-order valence-corrected chi connectivity index (χ4v) is 3.04. The van der Waals surface area contributed by atoms with Gasteiger partial charge in [-0.05, 0) is 24.2 Å². The van der Waals surface area contributed by atoms with Gasteiger partial charge in [-0.25, -0.2) is 9.97 Å². The average Bonchev–Trinajstić information content (AvgIpc) is 2.52. The van der Waals surface area contributed by atoms with Gasteiger partial charge in [-0.2, -0.15) is 0 Å². The Balaban J connectivity index is 2.03. The van der Waals surface area contributed by atoms with E-state index in [4.69, 9.17) is 9.16 Å². The van der Waals surface area contributed by atoms with Crippen LogP contribution in [0.1, 0.15) is 26.5 Å². The van der Waals surface area contributed by atoms with Crippen LogP contribution in [0.4, 0.5) is 5.95 Å². The summed E-state index contributed by atoms with van der Waals surface area (Å²) in [6, 6.07) is 1.90. The highest BCUT2D eigenvalue weighted by Crippen LogP contribution is 2.37. The first-order valence-corrected chi connectivity index (χ1v) is 11.1. The lowest BCUT2D eigenvalue weighted by molar-refractivity contribution is 0.00312. The first-order valence-electron chi connectivity index (χ1n) is 8.16. The zero-order valence-corrected chi connectivity index (χ0v) is 15.9. The van der Waals surface area contributed by atoms with Crippen LogP contribution in [0.25, 0.3) is 0 Å². The van der Waals surface area contributed by atoms with Crippen molar-refractivity contribution < 1.29 is 14.3 Å². The molecule has 7 heteroatoms. The fraction of sp³-hybridized carbons (Fsp3) is 0.750. The van der Waals surface area contributed by atoms with Crippen molar-refractivity contribution in [1.29, 1.82) is 0 Å². The minimum Gasteiger partial charge on any atom is -0.411 e. The maximum atomic E-state index is 9.25. The molecule has 1 aliphatic rings. The molecule has 1 aliphatic heterocycles. The van der Waals surface area contributed by atoms with Gasteiger partial charge in [0.15, 0.2) is 8.32 Å². The van der Waals surface area contributed by atoms with Gasteiger partial charge in [0.05, 0.1) is 31.6 Å². The largest absolute Gasteiger partial charge is 0.411 e. The van der Waals surface area contributed by atoms with Crippen molar-refractivity contribution in [2.45, 2.75) is 51.6 Å². The van der Waals surface area contributed by atoms with Crippen LogP contribution in [0.15, 0.2) is 12.3 Å².